The number of nitrogens with zero attached hydrogens (tertiary/aromatic N) is 2. The molecule has 1 atom stereocenters. The van der Waals surface area contributed by atoms with E-state index in [1.54, 1.807) is 12.3 Å². The van der Waals surface area contributed by atoms with Gasteiger partial charge in [0, 0.05) is 35.5 Å². The van der Waals surface area contributed by atoms with Crippen LogP contribution >= 0.6 is 12.4 Å². The van der Waals surface area contributed by atoms with Gasteiger partial charge in [0.2, 0.25) is 5.56 Å². The topological polar surface area (TPSA) is 89.1 Å². The first-order chi connectivity index (χ1) is 11.0. The average molecular weight is 365 g/mol. The highest BCUT2D eigenvalue weighted by Gasteiger charge is 2.06. The van der Waals surface area contributed by atoms with E-state index in [-0.39, 0.29) is 18.0 Å². The Balaban J connectivity index is 0.00000208. The molecule has 1 unspecified atom stereocenters. The summed E-state index contributed by atoms with van der Waals surface area (Å²) in [5.74, 6) is 0. The molecular weight excluding hydrogens is 350 g/mol. The fraction of sp³-hybridized carbons (Fsp3) is 0.125. The van der Waals surface area contributed by atoms with E-state index in [2.05, 4.69) is 9.97 Å². The Morgan fingerprint density at radius 1 is 1.17 bits per heavy atom. The normalized spacial score (nSPS) is 12.1. The molecule has 126 valence electrons. The zero-order chi connectivity index (χ0) is 16.4. The third-order valence-corrected chi connectivity index (χ3v) is 4.20. The number of hydrogen-bond acceptors (Lipinski definition) is 4. The lowest BCUT2D eigenvalue weighted by atomic mass is 10.0. The number of aromatic nitrogens is 2. The molecule has 0 saturated heterocycles. The molecule has 2 heterocycles. The number of fused-ring (bicyclic) bond motifs is 1. The quantitative estimate of drug-likeness (QED) is 0.719. The number of H-pyrrole nitrogens is 1. The van der Waals surface area contributed by atoms with Gasteiger partial charge in [-0.3, -0.25) is 9.00 Å². The molecule has 0 aliphatic heterocycles. The molecule has 8 heteroatoms. The molecule has 0 radical (unpaired) electrons. The van der Waals surface area contributed by atoms with Gasteiger partial charge in [-0.1, -0.05) is 24.3 Å². The Morgan fingerprint density at radius 3 is 2.54 bits per heavy atom. The Hall–Kier alpha value is -2.06. The minimum atomic E-state index is -2.23. The van der Waals surface area contributed by atoms with Crippen molar-refractivity contribution in [2.45, 2.75) is 6.54 Å². The molecule has 3 aromatic rings. The lowest BCUT2D eigenvalue weighted by Crippen LogP contribution is -2.19. The van der Waals surface area contributed by atoms with Crippen molar-refractivity contribution in [3.05, 3.63) is 64.6 Å². The van der Waals surface area contributed by atoms with Crippen LogP contribution in [-0.2, 0) is 17.8 Å². The molecule has 3 rings (SSSR count). The first kappa shape index (κ1) is 18.3. The van der Waals surface area contributed by atoms with Crippen molar-refractivity contribution in [3.8, 4) is 11.1 Å². The van der Waals surface area contributed by atoms with Gasteiger partial charge in [-0.15, -0.1) is 12.4 Å². The van der Waals surface area contributed by atoms with Crippen LogP contribution in [0.2, 0.25) is 0 Å². The molecule has 24 heavy (non-hydrogen) atoms. The molecule has 0 aliphatic carbocycles. The number of benzene rings is 1. The SMILES string of the molecule is CN(Cc1ccc(-c2ccnc3[nH]c(=O)ccc23)cc1)S(=O)[O-].Cl. The van der Waals surface area contributed by atoms with Crippen molar-refractivity contribution in [1.82, 2.24) is 14.3 Å². The van der Waals surface area contributed by atoms with Crippen LogP contribution in [-0.4, -0.2) is 30.1 Å². The maximum absolute atomic E-state index is 11.4. The predicted octanol–water partition coefficient (Wildman–Crippen LogP) is 2.24. The molecule has 0 bridgehead atoms. The highest BCUT2D eigenvalue weighted by Crippen LogP contribution is 2.26. The van der Waals surface area contributed by atoms with Crippen LogP contribution in [0.1, 0.15) is 5.56 Å². The van der Waals surface area contributed by atoms with E-state index >= 15 is 0 Å². The van der Waals surface area contributed by atoms with Gasteiger partial charge in [0.15, 0.2) is 0 Å². The van der Waals surface area contributed by atoms with E-state index in [0.717, 1.165) is 22.1 Å². The standard InChI is InChI=1S/C16H15N3O3S.ClH/c1-19(23(21)22)10-11-2-4-12(5-3-11)13-8-9-17-16-14(13)6-7-15(20)18-16;/h2-9H,10H2,1H3,(H,21,22)(H,17,18,20);1H/p-1. The average Bonchev–Trinajstić information content (AvgIpc) is 2.54. The summed E-state index contributed by atoms with van der Waals surface area (Å²) in [6, 6.07) is 12.7. The monoisotopic (exact) mass is 364 g/mol. The van der Waals surface area contributed by atoms with E-state index in [9.17, 15) is 13.6 Å². The number of halogens is 1. The zero-order valence-electron chi connectivity index (χ0n) is 12.8. The Labute approximate surface area is 147 Å². The summed E-state index contributed by atoms with van der Waals surface area (Å²) in [4.78, 5) is 18.3. The fourth-order valence-electron chi connectivity index (χ4n) is 2.41. The molecular formula is C16H15ClN3O3S-. The molecule has 1 aromatic carbocycles. The van der Waals surface area contributed by atoms with Crippen LogP contribution in [0.25, 0.3) is 22.2 Å². The summed E-state index contributed by atoms with van der Waals surface area (Å²) in [7, 11) is 1.52. The fourth-order valence-corrected chi connectivity index (χ4v) is 2.66. The molecule has 2 aromatic heterocycles. The van der Waals surface area contributed by atoms with Crippen molar-refractivity contribution >= 4 is 34.7 Å². The molecule has 0 saturated carbocycles. The van der Waals surface area contributed by atoms with Gasteiger partial charge < -0.3 is 9.54 Å². The molecule has 0 spiro atoms. The van der Waals surface area contributed by atoms with E-state index in [0.29, 0.717) is 12.2 Å². The smallest absolute Gasteiger partial charge is 0.249 e. The summed E-state index contributed by atoms with van der Waals surface area (Å²) in [6.45, 7) is 0.320. The minimum Gasteiger partial charge on any atom is -0.760 e. The highest BCUT2D eigenvalue weighted by atomic mass is 35.5. The van der Waals surface area contributed by atoms with Crippen molar-refractivity contribution in [1.29, 1.82) is 0 Å². The number of aromatic amines is 1. The maximum atomic E-state index is 11.4. The largest absolute Gasteiger partial charge is 0.760 e. The zero-order valence-corrected chi connectivity index (χ0v) is 14.4. The number of nitrogens with one attached hydrogen (secondary N) is 1. The summed E-state index contributed by atoms with van der Waals surface area (Å²) < 4.78 is 22.9. The van der Waals surface area contributed by atoms with Gasteiger partial charge in [-0.2, -0.15) is 0 Å². The highest BCUT2D eigenvalue weighted by molar-refractivity contribution is 7.76. The Kier molecular flexibility index (Phi) is 5.84. The lowest BCUT2D eigenvalue weighted by Gasteiger charge is -2.18. The van der Waals surface area contributed by atoms with Crippen LogP contribution in [0, 0.1) is 0 Å². The Morgan fingerprint density at radius 2 is 1.88 bits per heavy atom. The van der Waals surface area contributed by atoms with Gasteiger partial charge in [0.05, 0.1) is 0 Å². The molecule has 6 nitrogen and oxygen atoms in total. The van der Waals surface area contributed by atoms with Crippen molar-refractivity contribution in [2.24, 2.45) is 0 Å². The second-order valence-electron chi connectivity index (χ2n) is 5.14. The second-order valence-corrected chi connectivity index (χ2v) is 6.20. The summed E-state index contributed by atoms with van der Waals surface area (Å²) in [5, 5.41) is 0.859. The molecule has 0 fully saturated rings. The summed E-state index contributed by atoms with van der Waals surface area (Å²) >= 11 is -2.23. The van der Waals surface area contributed by atoms with Crippen LogP contribution < -0.4 is 5.56 Å². The minimum absolute atomic E-state index is 0. The van der Waals surface area contributed by atoms with Crippen LogP contribution in [0.4, 0.5) is 0 Å². The first-order valence-electron chi connectivity index (χ1n) is 6.92. The van der Waals surface area contributed by atoms with Crippen molar-refractivity contribution < 1.29 is 8.76 Å². The number of rotatable bonds is 4. The predicted molar refractivity (Wildman–Crippen MR) is 95.4 cm³/mol. The summed E-state index contributed by atoms with van der Waals surface area (Å²) in [5.41, 5.74) is 3.18. The van der Waals surface area contributed by atoms with Crippen LogP contribution in [0.3, 0.4) is 0 Å². The van der Waals surface area contributed by atoms with E-state index in [1.807, 2.05) is 30.3 Å². The van der Waals surface area contributed by atoms with Crippen LogP contribution in [0.5, 0.6) is 0 Å². The number of hydrogen-bond donors (Lipinski definition) is 1. The van der Waals surface area contributed by atoms with Gasteiger partial charge in [0.1, 0.15) is 5.65 Å². The first-order valence-corrected chi connectivity index (χ1v) is 7.95. The molecule has 0 aliphatic rings. The second kappa shape index (κ2) is 7.67. The maximum Gasteiger partial charge on any atom is 0.249 e. The van der Waals surface area contributed by atoms with Gasteiger partial charge in [-0.05, 0) is 35.9 Å². The third kappa shape index (κ3) is 3.88. The van der Waals surface area contributed by atoms with Crippen molar-refractivity contribution in [3.63, 3.8) is 0 Å². The molecule has 1 N–H and O–H groups in total. The number of pyridine rings is 2. The van der Waals surface area contributed by atoms with Crippen LogP contribution in [0.15, 0.2) is 53.5 Å². The summed E-state index contributed by atoms with van der Waals surface area (Å²) in [6.07, 6.45) is 1.65. The lowest BCUT2D eigenvalue weighted by molar-refractivity contribution is 0.430. The van der Waals surface area contributed by atoms with E-state index in [1.165, 1.54) is 17.4 Å². The van der Waals surface area contributed by atoms with E-state index in [4.69, 9.17) is 0 Å². The van der Waals surface area contributed by atoms with Crippen molar-refractivity contribution in [2.75, 3.05) is 7.05 Å². The van der Waals surface area contributed by atoms with Gasteiger partial charge >= 0.3 is 0 Å². The van der Waals surface area contributed by atoms with E-state index < -0.39 is 11.3 Å². The third-order valence-electron chi connectivity index (χ3n) is 3.56. The Bertz CT molecular complexity index is 928. The van der Waals surface area contributed by atoms with Gasteiger partial charge in [0.25, 0.3) is 0 Å². The molecule has 0 amide bonds. The van der Waals surface area contributed by atoms with Gasteiger partial charge in [-0.25, -0.2) is 9.29 Å².